The Balaban J connectivity index is 1.89. The molecule has 1 aromatic carbocycles. The van der Waals surface area contributed by atoms with E-state index in [2.05, 4.69) is 5.32 Å². The van der Waals surface area contributed by atoms with E-state index in [0.717, 1.165) is 6.07 Å². The summed E-state index contributed by atoms with van der Waals surface area (Å²) >= 11 is 0. The standard InChI is InChI=1S/C15H16FNO5/c1-22-12-4-2-9(8-10(12)16)11(18)3-5-13(19)17-15(6-7-15)14(20)21/h2,4,8H,3,5-7H2,1H3,(H,17,19)(H,20,21). The fraction of sp³-hybridized carbons (Fsp3) is 0.400. The van der Waals surface area contributed by atoms with E-state index in [1.54, 1.807) is 0 Å². The number of carboxylic acids is 1. The number of aliphatic carboxylic acids is 1. The summed E-state index contributed by atoms with van der Waals surface area (Å²) in [6.07, 6.45) is 0.534. The van der Waals surface area contributed by atoms with Crippen LogP contribution in [0.3, 0.4) is 0 Å². The van der Waals surface area contributed by atoms with Crippen molar-refractivity contribution in [2.75, 3.05) is 7.11 Å². The molecule has 0 atom stereocenters. The predicted octanol–water partition coefficient (Wildman–Crippen LogP) is 1.53. The topological polar surface area (TPSA) is 92.7 Å². The monoisotopic (exact) mass is 309 g/mol. The molecule has 0 aromatic heterocycles. The minimum atomic E-state index is -1.16. The molecule has 0 heterocycles. The van der Waals surface area contributed by atoms with Gasteiger partial charge in [-0.05, 0) is 31.0 Å². The van der Waals surface area contributed by atoms with Gasteiger partial charge in [0.25, 0.3) is 0 Å². The van der Waals surface area contributed by atoms with Crippen molar-refractivity contribution in [2.45, 2.75) is 31.2 Å². The van der Waals surface area contributed by atoms with E-state index in [1.165, 1.54) is 19.2 Å². The highest BCUT2D eigenvalue weighted by atomic mass is 19.1. The molecular weight excluding hydrogens is 293 g/mol. The van der Waals surface area contributed by atoms with Crippen molar-refractivity contribution in [1.82, 2.24) is 5.32 Å². The van der Waals surface area contributed by atoms with Gasteiger partial charge in [-0.25, -0.2) is 9.18 Å². The molecule has 1 amide bonds. The molecule has 1 fully saturated rings. The summed E-state index contributed by atoms with van der Waals surface area (Å²) in [4.78, 5) is 34.5. The number of halogens is 1. The number of methoxy groups -OCH3 is 1. The van der Waals surface area contributed by atoms with E-state index in [1.807, 2.05) is 0 Å². The molecule has 2 rings (SSSR count). The van der Waals surface area contributed by atoms with Crippen molar-refractivity contribution >= 4 is 17.7 Å². The van der Waals surface area contributed by atoms with Gasteiger partial charge in [0, 0.05) is 18.4 Å². The first kappa shape index (κ1) is 15.9. The van der Waals surface area contributed by atoms with Gasteiger partial charge in [0.1, 0.15) is 5.54 Å². The average molecular weight is 309 g/mol. The summed E-state index contributed by atoms with van der Waals surface area (Å²) in [5.41, 5.74) is -1.02. The van der Waals surface area contributed by atoms with Crippen LogP contribution in [0.2, 0.25) is 0 Å². The number of hydrogen-bond donors (Lipinski definition) is 2. The van der Waals surface area contributed by atoms with Gasteiger partial charge in [-0.1, -0.05) is 0 Å². The van der Waals surface area contributed by atoms with Crippen LogP contribution in [0.15, 0.2) is 18.2 Å². The number of ketones is 1. The molecule has 0 saturated heterocycles. The van der Waals surface area contributed by atoms with E-state index < -0.39 is 29.0 Å². The van der Waals surface area contributed by atoms with Crippen LogP contribution in [0, 0.1) is 5.82 Å². The Morgan fingerprint density at radius 3 is 2.50 bits per heavy atom. The third kappa shape index (κ3) is 3.41. The van der Waals surface area contributed by atoms with Gasteiger partial charge in [0.2, 0.25) is 5.91 Å². The number of nitrogens with one attached hydrogen (secondary N) is 1. The van der Waals surface area contributed by atoms with Crippen molar-refractivity contribution in [2.24, 2.45) is 0 Å². The van der Waals surface area contributed by atoms with Crippen molar-refractivity contribution in [3.05, 3.63) is 29.6 Å². The summed E-state index contributed by atoms with van der Waals surface area (Å²) in [5.74, 6) is -2.57. The summed E-state index contributed by atoms with van der Waals surface area (Å²) in [5, 5.41) is 11.4. The molecule has 1 aromatic rings. The van der Waals surface area contributed by atoms with Gasteiger partial charge in [-0.3, -0.25) is 9.59 Å². The summed E-state index contributed by atoms with van der Waals surface area (Å²) in [6, 6.07) is 3.81. The van der Waals surface area contributed by atoms with Gasteiger partial charge >= 0.3 is 5.97 Å². The number of hydrogen-bond acceptors (Lipinski definition) is 4. The smallest absolute Gasteiger partial charge is 0.329 e. The number of benzene rings is 1. The maximum absolute atomic E-state index is 13.5. The third-order valence-electron chi connectivity index (χ3n) is 3.59. The molecule has 0 bridgehead atoms. The van der Waals surface area contributed by atoms with Gasteiger partial charge in [0.15, 0.2) is 17.3 Å². The van der Waals surface area contributed by atoms with Crippen molar-refractivity contribution in [3.63, 3.8) is 0 Å². The van der Waals surface area contributed by atoms with E-state index in [9.17, 15) is 18.8 Å². The SMILES string of the molecule is COc1ccc(C(=O)CCC(=O)NC2(C(=O)O)CC2)cc1F. The molecule has 1 saturated carbocycles. The first-order valence-electron chi connectivity index (χ1n) is 6.79. The Morgan fingerprint density at radius 1 is 1.32 bits per heavy atom. The zero-order valence-corrected chi connectivity index (χ0v) is 12.0. The van der Waals surface area contributed by atoms with Crippen molar-refractivity contribution in [3.8, 4) is 5.75 Å². The quantitative estimate of drug-likeness (QED) is 0.745. The number of carbonyl (C=O) groups is 3. The average Bonchev–Trinajstić information content (AvgIpc) is 3.25. The van der Waals surface area contributed by atoms with Crippen LogP contribution >= 0.6 is 0 Å². The van der Waals surface area contributed by atoms with Crippen LogP contribution in [-0.4, -0.2) is 35.4 Å². The van der Waals surface area contributed by atoms with E-state index in [0.29, 0.717) is 12.8 Å². The fourth-order valence-corrected chi connectivity index (χ4v) is 2.06. The Bertz CT molecular complexity index is 624. The molecule has 1 aliphatic rings. The number of Topliss-reactive ketones (excluding diaryl/α,β-unsaturated/α-hetero) is 1. The lowest BCUT2D eigenvalue weighted by Gasteiger charge is -2.12. The molecule has 1 aliphatic carbocycles. The minimum Gasteiger partial charge on any atom is -0.494 e. The van der Waals surface area contributed by atoms with E-state index in [4.69, 9.17) is 9.84 Å². The van der Waals surface area contributed by atoms with Gasteiger partial charge < -0.3 is 15.2 Å². The summed E-state index contributed by atoms with van der Waals surface area (Å²) in [7, 11) is 1.32. The van der Waals surface area contributed by atoms with Crippen molar-refractivity contribution < 1.29 is 28.6 Å². The molecular formula is C15H16FNO5. The molecule has 118 valence electrons. The van der Waals surface area contributed by atoms with Gasteiger partial charge in [-0.15, -0.1) is 0 Å². The number of rotatable bonds is 7. The Hall–Kier alpha value is -2.44. The first-order valence-corrected chi connectivity index (χ1v) is 6.79. The van der Waals surface area contributed by atoms with Crippen LogP contribution in [0.25, 0.3) is 0 Å². The highest BCUT2D eigenvalue weighted by Crippen LogP contribution is 2.35. The number of amides is 1. The van der Waals surface area contributed by atoms with Crippen LogP contribution < -0.4 is 10.1 Å². The van der Waals surface area contributed by atoms with Crippen molar-refractivity contribution in [1.29, 1.82) is 0 Å². The summed E-state index contributed by atoms with van der Waals surface area (Å²) < 4.78 is 18.3. The second-order valence-electron chi connectivity index (χ2n) is 5.21. The van der Waals surface area contributed by atoms with Crippen LogP contribution in [0.5, 0.6) is 5.75 Å². The Labute approximate surface area is 126 Å². The first-order chi connectivity index (χ1) is 10.4. The van der Waals surface area contributed by atoms with Crippen LogP contribution in [0.4, 0.5) is 4.39 Å². The zero-order valence-electron chi connectivity index (χ0n) is 12.0. The van der Waals surface area contributed by atoms with E-state index >= 15 is 0 Å². The Morgan fingerprint density at radius 2 is 2.00 bits per heavy atom. The maximum atomic E-state index is 13.5. The molecule has 0 radical (unpaired) electrons. The largest absolute Gasteiger partial charge is 0.494 e. The second-order valence-corrected chi connectivity index (χ2v) is 5.21. The molecule has 6 nitrogen and oxygen atoms in total. The summed E-state index contributed by atoms with van der Waals surface area (Å²) in [6.45, 7) is 0. The molecule has 2 N–H and O–H groups in total. The van der Waals surface area contributed by atoms with E-state index in [-0.39, 0.29) is 24.2 Å². The minimum absolute atomic E-state index is 0.0337. The fourth-order valence-electron chi connectivity index (χ4n) is 2.06. The van der Waals surface area contributed by atoms with Gasteiger partial charge in [-0.2, -0.15) is 0 Å². The maximum Gasteiger partial charge on any atom is 0.329 e. The highest BCUT2D eigenvalue weighted by Gasteiger charge is 2.51. The normalized spacial score (nSPS) is 15.0. The third-order valence-corrected chi connectivity index (χ3v) is 3.59. The number of ether oxygens (including phenoxy) is 1. The van der Waals surface area contributed by atoms with Gasteiger partial charge in [0.05, 0.1) is 7.11 Å². The van der Waals surface area contributed by atoms with Crippen LogP contribution in [-0.2, 0) is 9.59 Å². The molecule has 0 unspecified atom stereocenters. The number of carbonyl (C=O) groups excluding carboxylic acids is 2. The molecule has 0 aliphatic heterocycles. The Kier molecular flexibility index (Phi) is 4.44. The number of carboxylic acid groups (broad SMARTS) is 1. The lowest BCUT2D eigenvalue weighted by Crippen LogP contribution is -2.43. The lowest BCUT2D eigenvalue weighted by molar-refractivity contribution is -0.143. The predicted molar refractivity (Wildman–Crippen MR) is 74.3 cm³/mol. The molecule has 22 heavy (non-hydrogen) atoms. The molecule has 7 heteroatoms. The van der Waals surface area contributed by atoms with Crippen LogP contribution in [0.1, 0.15) is 36.0 Å². The zero-order chi connectivity index (χ0) is 16.3. The lowest BCUT2D eigenvalue weighted by atomic mass is 10.1. The highest BCUT2D eigenvalue weighted by molar-refractivity contribution is 5.98. The molecule has 0 spiro atoms. The second kappa shape index (κ2) is 6.13.